The molecular formula is C6H6Br2Cl2O. The minimum absolute atomic E-state index is 0.0843. The molecule has 0 aliphatic heterocycles. The van der Waals surface area contributed by atoms with Crippen LogP contribution in [0, 0.1) is 0 Å². The van der Waals surface area contributed by atoms with Crippen LogP contribution in [0.4, 0.5) is 0 Å². The van der Waals surface area contributed by atoms with Crippen molar-refractivity contribution in [1.29, 1.82) is 0 Å². The van der Waals surface area contributed by atoms with Crippen LogP contribution >= 0.6 is 55.1 Å². The molecule has 0 bridgehead atoms. The van der Waals surface area contributed by atoms with Crippen LogP contribution in [0.2, 0.25) is 0 Å². The van der Waals surface area contributed by atoms with Crippen LogP contribution in [0.15, 0.2) is 19.0 Å². The molecule has 0 aromatic carbocycles. The Balaban J connectivity index is 4.75. The van der Waals surface area contributed by atoms with E-state index in [0.717, 1.165) is 0 Å². The SMILES string of the molecule is CC(=C(Cl)Cl)C(Br)=C(Br)CO. The summed E-state index contributed by atoms with van der Waals surface area (Å²) in [4.78, 5) is 0. The van der Waals surface area contributed by atoms with E-state index >= 15 is 0 Å². The molecule has 0 aliphatic carbocycles. The first-order valence-electron chi connectivity index (χ1n) is 2.68. The zero-order valence-electron chi connectivity index (χ0n) is 5.67. The molecule has 1 nitrogen and oxygen atoms in total. The Labute approximate surface area is 92.3 Å². The molecule has 0 heterocycles. The fraction of sp³-hybridized carbons (Fsp3) is 0.333. The summed E-state index contributed by atoms with van der Waals surface area (Å²) in [6.45, 7) is 1.66. The third-order valence-corrected chi connectivity index (χ3v) is 3.81. The van der Waals surface area contributed by atoms with Crippen molar-refractivity contribution in [3.8, 4) is 0 Å². The van der Waals surface area contributed by atoms with Crippen molar-refractivity contribution in [1.82, 2.24) is 0 Å². The Morgan fingerprint density at radius 3 is 2.09 bits per heavy atom. The second-order valence-corrected chi connectivity index (χ2v) is 4.46. The Kier molecular flexibility index (Phi) is 6.09. The molecule has 0 atom stereocenters. The van der Waals surface area contributed by atoms with Crippen molar-refractivity contribution in [3.05, 3.63) is 19.0 Å². The summed E-state index contributed by atoms with van der Waals surface area (Å²) in [5.41, 5.74) is 0.689. The summed E-state index contributed by atoms with van der Waals surface area (Å²) >= 11 is 17.4. The molecule has 11 heavy (non-hydrogen) atoms. The number of hydrogen-bond donors (Lipinski definition) is 1. The molecule has 0 fully saturated rings. The van der Waals surface area contributed by atoms with Crippen LogP contribution in [0.5, 0.6) is 0 Å². The summed E-state index contributed by atoms with van der Waals surface area (Å²) in [7, 11) is 0. The molecule has 0 radical (unpaired) electrons. The van der Waals surface area contributed by atoms with Gasteiger partial charge in [0.15, 0.2) is 0 Å². The molecule has 5 heteroatoms. The van der Waals surface area contributed by atoms with Gasteiger partial charge in [0.05, 0.1) is 6.61 Å². The molecule has 0 aliphatic rings. The molecule has 0 saturated carbocycles. The predicted molar refractivity (Wildman–Crippen MR) is 56.4 cm³/mol. The normalized spacial score (nSPS) is 12.5. The molecular weight excluding hydrogens is 319 g/mol. The van der Waals surface area contributed by atoms with E-state index in [1.165, 1.54) is 0 Å². The van der Waals surface area contributed by atoms with E-state index in [1.54, 1.807) is 6.92 Å². The zero-order chi connectivity index (χ0) is 9.02. The van der Waals surface area contributed by atoms with Gasteiger partial charge in [-0.1, -0.05) is 39.1 Å². The highest BCUT2D eigenvalue weighted by Gasteiger charge is 2.04. The molecule has 0 saturated heterocycles. The van der Waals surface area contributed by atoms with Crippen molar-refractivity contribution in [2.45, 2.75) is 6.92 Å². The topological polar surface area (TPSA) is 20.2 Å². The van der Waals surface area contributed by atoms with Crippen molar-refractivity contribution in [2.75, 3.05) is 6.61 Å². The number of allylic oxidation sites excluding steroid dienone is 2. The Morgan fingerprint density at radius 2 is 1.82 bits per heavy atom. The van der Waals surface area contributed by atoms with Gasteiger partial charge in [0, 0.05) is 8.96 Å². The number of aliphatic hydroxyl groups excluding tert-OH is 1. The highest BCUT2D eigenvalue weighted by atomic mass is 79.9. The van der Waals surface area contributed by atoms with Crippen molar-refractivity contribution in [2.24, 2.45) is 0 Å². The maximum atomic E-state index is 8.69. The molecule has 0 unspecified atom stereocenters. The van der Waals surface area contributed by atoms with Crippen molar-refractivity contribution in [3.63, 3.8) is 0 Å². The Hall–Kier alpha value is 0.980. The third-order valence-electron chi connectivity index (χ3n) is 0.990. The lowest BCUT2D eigenvalue weighted by molar-refractivity contribution is 0.340. The van der Waals surface area contributed by atoms with Gasteiger partial charge in [-0.25, -0.2) is 0 Å². The summed E-state index contributed by atoms with van der Waals surface area (Å²) in [5, 5.41) is 8.69. The summed E-state index contributed by atoms with van der Waals surface area (Å²) < 4.78 is 1.48. The van der Waals surface area contributed by atoms with E-state index in [2.05, 4.69) is 31.9 Å². The molecule has 0 aromatic heterocycles. The molecule has 0 amide bonds. The van der Waals surface area contributed by atoms with E-state index in [9.17, 15) is 0 Å². The third kappa shape index (κ3) is 3.95. The summed E-state index contributed by atoms with van der Waals surface area (Å²) in [6.07, 6.45) is 0. The van der Waals surface area contributed by atoms with Gasteiger partial charge in [-0.15, -0.1) is 0 Å². The molecule has 0 aromatic rings. The van der Waals surface area contributed by atoms with Gasteiger partial charge < -0.3 is 5.11 Å². The van der Waals surface area contributed by atoms with E-state index < -0.39 is 0 Å². The van der Waals surface area contributed by atoms with Crippen LogP contribution in [0.1, 0.15) is 6.92 Å². The average Bonchev–Trinajstić information content (AvgIpc) is 2.00. The monoisotopic (exact) mass is 322 g/mol. The van der Waals surface area contributed by atoms with Gasteiger partial charge in [-0.3, -0.25) is 0 Å². The number of rotatable bonds is 2. The van der Waals surface area contributed by atoms with Gasteiger partial charge >= 0.3 is 0 Å². The second-order valence-electron chi connectivity index (χ2n) is 1.76. The lowest BCUT2D eigenvalue weighted by Crippen LogP contribution is -1.86. The van der Waals surface area contributed by atoms with Gasteiger partial charge in [0.25, 0.3) is 0 Å². The molecule has 1 N–H and O–H groups in total. The van der Waals surface area contributed by atoms with E-state index in [0.29, 0.717) is 14.5 Å². The maximum Gasteiger partial charge on any atom is 0.110 e. The number of hydrogen-bond acceptors (Lipinski definition) is 1. The van der Waals surface area contributed by atoms with Gasteiger partial charge in [-0.2, -0.15) is 0 Å². The Bertz CT molecular complexity index is 207. The van der Waals surface area contributed by atoms with E-state index in [-0.39, 0.29) is 11.1 Å². The highest BCUT2D eigenvalue weighted by Crippen LogP contribution is 2.29. The fourth-order valence-corrected chi connectivity index (χ4v) is 1.39. The van der Waals surface area contributed by atoms with Gasteiger partial charge in [0.2, 0.25) is 0 Å². The smallest absolute Gasteiger partial charge is 0.110 e. The second kappa shape index (κ2) is 5.60. The highest BCUT2D eigenvalue weighted by molar-refractivity contribution is 9.14. The first-order chi connectivity index (χ1) is 5.00. The van der Waals surface area contributed by atoms with E-state index in [1.807, 2.05) is 0 Å². The van der Waals surface area contributed by atoms with Crippen molar-refractivity contribution >= 4 is 55.1 Å². The predicted octanol–water partition coefficient (Wildman–Crippen LogP) is 3.69. The van der Waals surface area contributed by atoms with Crippen molar-refractivity contribution < 1.29 is 5.11 Å². The standard InChI is InChI=1S/C6H6Br2Cl2O/c1-3(6(9)10)5(8)4(7)2-11/h11H,2H2,1H3. The fourth-order valence-electron chi connectivity index (χ4n) is 0.356. The molecule has 0 spiro atoms. The summed E-state index contributed by atoms with van der Waals surface area (Å²) in [5.74, 6) is 0. The quantitative estimate of drug-likeness (QED) is 0.768. The average molecular weight is 325 g/mol. The van der Waals surface area contributed by atoms with Crippen LogP contribution in [0.3, 0.4) is 0 Å². The van der Waals surface area contributed by atoms with E-state index in [4.69, 9.17) is 28.3 Å². The largest absolute Gasteiger partial charge is 0.391 e. The molecule has 64 valence electrons. The zero-order valence-corrected chi connectivity index (χ0v) is 10.4. The van der Waals surface area contributed by atoms with Gasteiger partial charge in [-0.05, 0) is 28.4 Å². The molecule has 0 rings (SSSR count). The lowest BCUT2D eigenvalue weighted by atomic mass is 10.3. The van der Waals surface area contributed by atoms with Crippen LogP contribution in [-0.4, -0.2) is 11.7 Å². The van der Waals surface area contributed by atoms with Gasteiger partial charge in [0.1, 0.15) is 4.49 Å². The minimum Gasteiger partial charge on any atom is -0.391 e. The lowest BCUT2D eigenvalue weighted by Gasteiger charge is -2.01. The Morgan fingerprint density at radius 1 is 1.36 bits per heavy atom. The first kappa shape index (κ1) is 12.0. The first-order valence-corrected chi connectivity index (χ1v) is 5.02. The number of halogens is 4. The van der Waals surface area contributed by atoms with Crippen LogP contribution < -0.4 is 0 Å². The summed E-state index contributed by atoms with van der Waals surface area (Å²) in [6, 6.07) is 0. The van der Waals surface area contributed by atoms with Crippen LogP contribution in [0.25, 0.3) is 0 Å². The number of aliphatic hydroxyl groups is 1. The maximum absolute atomic E-state index is 8.69. The van der Waals surface area contributed by atoms with Crippen LogP contribution in [-0.2, 0) is 0 Å². The minimum atomic E-state index is -0.0843.